The molecule has 3 fully saturated rings. The van der Waals surface area contributed by atoms with Gasteiger partial charge in [0, 0.05) is 24.1 Å². The van der Waals surface area contributed by atoms with Crippen molar-refractivity contribution < 1.29 is 27.5 Å². The SMILES string of the molecule is O=C(Nc1nc2ccc(OC[C@@H]3CCCN3)nc2s1)C(=NO[C@@H]1CCOC1)c1ccc(S(=O)(=O)C2CC2)cc1. The molecule has 1 aromatic carbocycles. The van der Waals surface area contributed by atoms with Crippen molar-refractivity contribution in [2.75, 3.05) is 31.7 Å². The van der Waals surface area contributed by atoms with Gasteiger partial charge in [-0.1, -0.05) is 28.6 Å². The average molecular weight is 572 g/mol. The van der Waals surface area contributed by atoms with E-state index < -0.39 is 15.7 Å². The van der Waals surface area contributed by atoms with Gasteiger partial charge in [-0.2, -0.15) is 0 Å². The molecule has 39 heavy (non-hydrogen) atoms. The molecule has 2 saturated heterocycles. The van der Waals surface area contributed by atoms with Crippen LogP contribution in [0.25, 0.3) is 10.3 Å². The Bertz CT molecular complexity index is 1470. The minimum atomic E-state index is -3.35. The van der Waals surface area contributed by atoms with Gasteiger partial charge in [0.1, 0.15) is 17.0 Å². The fourth-order valence-corrected chi connectivity index (χ4v) is 6.98. The van der Waals surface area contributed by atoms with E-state index in [1.54, 1.807) is 18.2 Å². The second-order valence-corrected chi connectivity index (χ2v) is 13.1. The zero-order chi connectivity index (χ0) is 26.8. The number of hydrogen-bond donors (Lipinski definition) is 2. The number of thiazole rings is 1. The third-order valence-electron chi connectivity index (χ3n) is 6.86. The number of fused-ring (bicyclic) bond motifs is 1. The molecule has 3 aliphatic rings. The first-order valence-electron chi connectivity index (χ1n) is 13.1. The van der Waals surface area contributed by atoms with Crippen molar-refractivity contribution in [1.29, 1.82) is 0 Å². The van der Waals surface area contributed by atoms with Crippen LogP contribution in [0.1, 0.15) is 37.7 Å². The molecule has 1 aliphatic carbocycles. The standard InChI is InChI=1S/C26H29N5O6S2/c32-24(30-26-28-21-9-10-22(29-25(21)38-26)36-14-17-2-1-12-27-17)23(31-37-18-11-13-35-15-18)16-3-5-19(6-4-16)39(33,34)20-7-8-20/h3-6,9-10,17-18,20,27H,1-2,7-8,11-15H2,(H,28,30,32)/t17-,18+/m0/s1. The quantitative estimate of drug-likeness (QED) is 0.278. The van der Waals surface area contributed by atoms with E-state index in [-0.39, 0.29) is 22.0 Å². The number of aromatic nitrogens is 2. The summed E-state index contributed by atoms with van der Waals surface area (Å²) >= 11 is 1.22. The van der Waals surface area contributed by atoms with Crippen LogP contribution in [0.2, 0.25) is 0 Å². The second kappa shape index (κ2) is 11.2. The Morgan fingerprint density at radius 2 is 1.97 bits per heavy atom. The van der Waals surface area contributed by atoms with Crippen molar-refractivity contribution in [2.24, 2.45) is 5.16 Å². The Hall–Kier alpha value is -3.13. The number of carbonyl (C=O) groups is 1. The molecule has 4 heterocycles. The summed E-state index contributed by atoms with van der Waals surface area (Å²) in [6.45, 7) is 2.51. The molecule has 1 amide bonds. The second-order valence-electron chi connectivity index (χ2n) is 9.85. The highest BCUT2D eigenvalue weighted by atomic mass is 32.2. The number of pyridine rings is 1. The highest BCUT2D eigenvalue weighted by Gasteiger charge is 2.37. The van der Waals surface area contributed by atoms with Crippen LogP contribution >= 0.6 is 11.3 Å². The van der Waals surface area contributed by atoms with Crippen molar-refractivity contribution in [1.82, 2.24) is 15.3 Å². The number of benzene rings is 1. The number of ether oxygens (including phenoxy) is 2. The summed E-state index contributed by atoms with van der Waals surface area (Å²) in [4.78, 5) is 28.8. The maximum atomic E-state index is 13.4. The van der Waals surface area contributed by atoms with Crippen LogP contribution in [0.15, 0.2) is 46.4 Å². The zero-order valence-electron chi connectivity index (χ0n) is 21.2. The Kier molecular flexibility index (Phi) is 7.47. The van der Waals surface area contributed by atoms with Gasteiger partial charge in [-0.05, 0) is 50.4 Å². The Labute approximate surface area is 229 Å². The van der Waals surface area contributed by atoms with Gasteiger partial charge in [-0.25, -0.2) is 18.4 Å². The largest absolute Gasteiger partial charge is 0.476 e. The predicted molar refractivity (Wildman–Crippen MR) is 146 cm³/mol. The molecule has 0 spiro atoms. The van der Waals surface area contributed by atoms with Gasteiger partial charge in [0.25, 0.3) is 5.91 Å². The molecule has 206 valence electrons. The number of nitrogens with one attached hydrogen (secondary N) is 2. The molecule has 2 N–H and O–H groups in total. The van der Waals surface area contributed by atoms with Gasteiger partial charge in [0.15, 0.2) is 26.8 Å². The smallest absolute Gasteiger partial charge is 0.280 e. The first-order valence-corrected chi connectivity index (χ1v) is 15.4. The zero-order valence-corrected chi connectivity index (χ0v) is 22.8. The molecule has 0 bridgehead atoms. The van der Waals surface area contributed by atoms with E-state index in [9.17, 15) is 13.2 Å². The van der Waals surface area contributed by atoms with Crippen LogP contribution in [0, 0.1) is 0 Å². The minimum Gasteiger partial charge on any atom is -0.476 e. The highest BCUT2D eigenvalue weighted by Crippen LogP contribution is 2.33. The molecule has 3 aromatic rings. The van der Waals surface area contributed by atoms with Gasteiger partial charge in [-0.15, -0.1) is 0 Å². The molecule has 13 heteroatoms. The number of carbonyl (C=O) groups excluding carboxylic acids is 1. The monoisotopic (exact) mass is 571 g/mol. The number of anilines is 1. The molecule has 2 atom stereocenters. The first kappa shape index (κ1) is 26.1. The van der Waals surface area contributed by atoms with Crippen molar-refractivity contribution >= 4 is 48.3 Å². The number of nitrogens with zero attached hydrogens (tertiary/aromatic N) is 3. The lowest BCUT2D eigenvalue weighted by Crippen LogP contribution is -2.28. The summed E-state index contributed by atoms with van der Waals surface area (Å²) in [6.07, 6.45) is 4.00. The summed E-state index contributed by atoms with van der Waals surface area (Å²) in [6, 6.07) is 10.1. The van der Waals surface area contributed by atoms with E-state index in [0.29, 0.717) is 72.0 Å². The van der Waals surface area contributed by atoms with Gasteiger partial charge in [-0.3, -0.25) is 10.1 Å². The lowest BCUT2D eigenvalue weighted by Gasteiger charge is -2.10. The molecule has 0 radical (unpaired) electrons. The third-order valence-corrected chi connectivity index (χ3v) is 10.0. The average Bonchev–Trinajstić information content (AvgIpc) is 3.28. The summed E-state index contributed by atoms with van der Waals surface area (Å²) in [5.41, 5.74) is 1.07. The van der Waals surface area contributed by atoms with Crippen LogP contribution in [-0.4, -0.2) is 73.8 Å². The van der Waals surface area contributed by atoms with E-state index in [2.05, 4.69) is 25.8 Å². The number of rotatable bonds is 10. The number of oxime groups is 1. The van der Waals surface area contributed by atoms with Gasteiger partial charge >= 0.3 is 0 Å². The van der Waals surface area contributed by atoms with Crippen molar-refractivity contribution in [3.8, 4) is 5.88 Å². The molecular weight excluding hydrogens is 542 g/mol. The van der Waals surface area contributed by atoms with E-state index in [0.717, 1.165) is 19.4 Å². The van der Waals surface area contributed by atoms with E-state index >= 15 is 0 Å². The van der Waals surface area contributed by atoms with E-state index in [1.807, 2.05) is 6.07 Å². The van der Waals surface area contributed by atoms with Gasteiger partial charge < -0.3 is 19.6 Å². The van der Waals surface area contributed by atoms with E-state index in [1.165, 1.54) is 23.5 Å². The van der Waals surface area contributed by atoms with Crippen LogP contribution < -0.4 is 15.4 Å². The number of sulfone groups is 1. The van der Waals surface area contributed by atoms with Gasteiger partial charge in [0.05, 0.1) is 23.4 Å². The van der Waals surface area contributed by atoms with E-state index in [4.69, 9.17) is 14.3 Å². The summed E-state index contributed by atoms with van der Waals surface area (Å²) < 4.78 is 36.4. The molecule has 1 saturated carbocycles. The molecule has 2 aliphatic heterocycles. The summed E-state index contributed by atoms with van der Waals surface area (Å²) in [5, 5.41) is 10.4. The molecule has 11 nitrogen and oxygen atoms in total. The third kappa shape index (κ3) is 6.06. The molecular formula is C26H29N5O6S2. The van der Waals surface area contributed by atoms with Crippen molar-refractivity contribution in [2.45, 2.75) is 54.4 Å². The first-order chi connectivity index (χ1) is 19.0. The lowest BCUT2D eigenvalue weighted by atomic mass is 10.1. The van der Waals surface area contributed by atoms with Crippen LogP contribution in [-0.2, 0) is 24.2 Å². The fourth-order valence-electron chi connectivity index (χ4n) is 4.50. The molecule has 6 rings (SSSR count). The van der Waals surface area contributed by atoms with Crippen LogP contribution in [0.3, 0.4) is 0 Å². The molecule has 0 unspecified atom stereocenters. The Balaban J connectivity index is 1.19. The Morgan fingerprint density at radius 1 is 1.13 bits per heavy atom. The van der Waals surface area contributed by atoms with Gasteiger partial charge in [0.2, 0.25) is 5.88 Å². The maximum Gasteiger partial charge on any atom is 0.280 e. The number of hydrogen-bond acceptors (Lipinski definition) is 11. The Morgan fingerprint density at radius 3 is 2.69 bits per heavy atom. The highest BCUT2D eigenvalue weighted by molar-refractivity contribution is 7.92. The van der Waals surface area contributed by atoms with Crippen LogP contribution in [0.5, 0.6) is 5.88 Å². The maximum absolute atomic E-state index is 13.4. The lowest BCUT2D eigenvalue weighted by molar-refractivity contribution is -0.110. The topological polar surface area (TPSA) is 141 Å². The molecule has 2 aromatic heterocycles. The minimum absolute atomic E-state index is 0.0116. The fraction of sp³-hybridized carbons (Fsp3) is 0.462. The van der Waals surface area contributed by atoms with Crippen LogP contribution in [0.4, 0.5) is 5.13 Å². The number of amides is 1. The van der Waals surface area contributed by atoms with Crippen molar-refractivity contribution in [3.63, 3.8) is 0 Å². The summed E-state index contributed by atoms with van der Waals surface area (Å²) in [5.74, 6) is -0.0250. The predicted octanol–water partition coefficient (Wildman–Crippen LogP) is 2.91. The summed E-state index contributed by atoms with van der Waals surface area (Å²) in [7, 11) is -3.35. The normalized spacial score (nSPS) is 21.8. The van der Waals surface area contributed by atoms with Crippen molar-refractivity contribution in [3.05, 3.63) is 42.0 Å².